The van der Waals surface area contributed by atoms with Crippen LogP contribution in [0, 0.1) is 75.0 Å². The van der Waals surface area contributed by atoms with Gasteiger partial charge in [-0.2, -0.15) is 5.26 Å². The molecular weight excluding hydrogens is 298 g/mol. The van der Waals surface area contributed by atoms with E-state index in [1.165, 1.54) is 5.92 Å². The van der Waals surface area contributed by atoms with E-state index in [2.05, 4.69) is 25.0 Å². The van der Waals surface area contributed by atoms with Crippen molar-refractivity contribution in [1.82, 2.24) is 0 Å². The Kier molecular flexibility index (Phi) is 9.15. The first-order chi connectivity index (χ1) is 9.88. The van der Waals surface area contributed by atoms with Crippen LogP contribution in [0.4, 0.5) is 0 Å². The van der Waals surface area contributed by atoms with E-state index >= 15 is 0 Å². The minimum absolute atomic E-state index is 0. The third-order valence-corrected chi connectivity index (χ3v) is 2.75. The Labute approximate surface area is 139 Å². The molecule has 10 radical (unpaired) electrons. The van der Waals surface area contributed by atoms with Gasteiger partial charge in [0.25, 0.3) is 0 Å². The molecule has 2 fully saturated rings. The minimum Gasteiger partial charge on any atom is -0.192 e. The maximum absolute atomic E-state index is 8.64. The summed E-state index contributed by atoms with van der Waals surface area (Å²) < 4.78 is 0. The molecule has 2 heteroatoms. The number of hydrogen-bond donors (Lipinski definition) is 0. The summed E-state index contributed by atoms with van der Waals surface area (Å²) in [6.07, 6.45) is 22.2. The van der Waals surface area contributed by atoms with Gasteiger partial charge in [-0.3, -0.25) is 0 Å². The van der Waals surface area contributed by atoms with Gasteiger partial charge in [0.2, 0.25) is 0 Å². The van der Waals surface area contributed by atoms with Gasteiger partial charge >= 0.3 is 17.1 Å². The number of rotatable bonds is 2. The monoisotopic (exact) mass is 313 g/mol. The number of hydrogen-bond acceptors (Lipinski definition) is 1. The van der Waals surface area contributed by atoms with Crippen molar-refractivity contribution in [3.8, 4) is 6.07 Å². The molecule has 0 spiro atoms. The Balaban J connectivity index is 0.000000313. The first kappa shape index (κ1) is 18.0. The van der Waals surface area contributed by atoms with Gasteiger partial charge in [-0.05, 0) is 75.5 Å². The fourth-order valence-corrected chi connectivity index (χ4v) is 1.68. The van der Waals surface area contributed by atoms with Crippen LogP contribution in [-0.2, 0) is 17.1 Å². The van der Waals surface area contributed by atoms with E-state index < -0.39 is 0 Å². The summed E-state index contributed by atoms with van der Waals surface area (Å²) in [4.78, 5) is 0. The average Bonchev–Trinajstić information content (AvgIpc) is 3.21. The molecule has 0 unspecified atom stereocenters. The largest absolute Gasteiger partial charge is 2.00 e. The van der Waals surface area contributed by atoms with E-state index in [0.29, 0.717) is 5.56 Å². The smallest absolute Gasteiger partial charge is 0.192 e. The van der Waals surface area contributed by atoms with Crippen molar-refractivity contribution in [2.45, 2.75) is 0 Å². The van der Waals surface area contributed by atoms with Crippen LogP contribution >= 0.6 is 0 Å². The van der Waals surface area contributed by atoms with Gasteiger partial charge in [-0.15, -0.1) is 0 Å². The molecule has 0 aromatic heterocycles. The summed E-state index contributed by atoms with van der Waals surface area (Å²) in [5.74, 6) is 1.19. The van der Waals surface area contributed by atoms with Crippen LogP contribution < -0.4 is 0 Å². The zero-order valence-electron chi connectivity index (χ0n) is 11.5. The van der Waals surface area contributed by atoms with Crippen LogP contribution in [0.25, 0.3) is 6.08 Å². The van der Waals surface area contributed by atoms with Crippen molar-refractivity contribution < 1.29 is 17.1 Å². The minimum atomic E-state index is 0. The van der Waals surface area contributed by atoms with Gasteiger partial charge in [-0.25, -0.2) is 0 Å². The van der Waals surface area contributed by atoms with Crippen molar-refractivity contribution in [3.05, 3.63) is 105 Å². The second kappa shape index (κ2) is 10.7. The van der Waals surface area contributed by atoms with E-state index in [1.807, 2.05) is 75.3 Å². The topological polar surface area (TPSA) is 23.8 Å². The SMILES string of the molecule is N#Cc1ccc(/C=C/[C]2[CH][CH][CH][CH]2)cc1.[CH]1[CH][CH][CH][CH]1.[Fe+2]. The Morgan fingerprint density at radius 3 is 1.71 bits per heavy atom. The van der Waals surface area contributed by atoms with Gasteiger partial charge < -0.3 is 0 Å². The van der Waals surface area contributed by atoms with Crippen LogP contribution in [0.1, 0.15) is 11.1 Å². The molecule has 0 N–H and O–H groups in total. The van der Waals surface area contributed by atoms with E-state index in [-0.39, 0.29) is 17.1 Å². The zero-order valence-corrected chi connectivity index (χ0v) is 12.6. The van der Waals surface area contributed by atoms with Crippen LogP contribution in [0.5, 0.6) is 0 Å². The van der Waals surface area contributed by atoms with E-state index in [9.17, 15) is 0 Å². The van der Waals surface area contributed by atoms with Crippen LogP contribution in [0.3, 0.4) is 0 Å². The molecule has 1 nitrogen and oxygen atoms in total. The summed E-state index contributed by atoms with van der Waals surface area (Å²) >= 11 is 0. The quantitative estimate of drug-likeness (QED) is 0.757. The van der Waals surface area contributed by atoms with Crippen molar-refractivity contribution in [1.29, 1.82) is 5.26 Å². The Morgan fingerprint density at radius 2 is 1.24 bits per heavy atom. The van der Waals surface area contributed by atoms with Crippen molar-refractivity contribution in [3.63, 3.8) is 0 Å². The van der Waals surface area contributed by atoms with Gasteiger partial charge in [0.05, 0.1) is 11.6 Å². The molecule has 0 heterocycles. The number of nitrogens with zero attached hydrogens (tertiary/aromatic N) is 1. The molecule has 2 aliphatic rings. The molecule has 0 atom stereocenters. The van der Waals surface area contributed by atoms with Gasteiger partial charge in [0.1, 0.15) is 0 Å². The molecule has 0 bridgehead atoms. The Bertz CT molecular complexity index is 438. The predicted octanol–water partition coefficient (Wildman–Crippen LogP) is 4.00. The summed E-state index contributed by atoms with van der Waals surface area (Å²) in [5, 5.41) is 8.64. The molecule has 2 saturated carbocycles. The number of benzene rings is 1. The second-order valence-corrected chi connectivity index (χ2v) is 4.25. The summed E-state index contributed by atoms with van der Waals surface area (Å²) in [6.45, 7) is 0. The molecular formula is C19H15FeN+2. The predicted molar refractivity (Wildman–Crippen MR) is 82.1 cm³/mol. The molecule has 1 aromatic rings. The normalized spacial score (nSPS) is 17.9. The standard InChI is InChI=1S/C14H10N.C5H5.Fe/c15-11-14-9-7-13(8-10-14)6-5-12-3-1-2-4-12;1-2-4-5-3-1;/h1-10H;1-5H;/q;;+2/b6-5+;;. The molecule has 1 aromatic carbocycles. The maximum atomic E-state index is 8.64. The van der Waals surface area contributed by atoms with Crippen molar-refractivity contribution in [2.24, 2.45) is 0 Å². The number of allylic oxidation sites excluding steroid dienone is 1. The molecule has 2 aliphatic carbocycles. The van der Waals surface area contributed by atoms with E-state index in [4.69, 9.17) is 5.26 Å². The van der Waals surface area contributed by atoms with Crippen LogP contribution in [0.2, 0.25) is 0 Å². The Morgan fingerprint density at radius 1 is 0.714 bits per heavy atom. The first-order valence-electron chi connectivity index (χ1n) is 6.45. The van der Waals surface area contributed by atoms with Gasteiger partial charge in [0, 0.05) is 5.92 Å². The molecule has 0 amide bonds. The van der Waals surface area contributed by atoms with Gasteiger partial charge in [-0.1, -0.05) is 24.3 Å². The second-order valence-electron chi connectivity index (χ2n) is 4.25. The third kappa shape index (κ3) is 6.98. The molecule has 102 valence electrons. The summed E-state index contributed by atoms with van der Waals surface area (Å²) in [5.41, 5.74) is 1.80. The fourth-order valence-electron chi connectivity index (χ4n) is 1.68. The van der Waals surface area contributed by atoms with Crippen molar-refractivity contribution in [2.75, 3.05) is 0 Å². The van der Waals surface area contributed by atoms with Crippen molar-refractivity contribution >= 4 is 6.08 Å². The Hall–Kier alpha value is -1.03. The van der Waals surface area contributed by atoms with E-state index in [1.54, 1.807) is 0 Å². The van der Waals surface area contributed by atoms with Crippen LogP contribution in [0.15, 0.2) is 30.3 Å². The molecule has 0 saturated heterocycles. The first-order valence-corrected chi connectivity index (χ1v) is 6.45. The fraction of sp³-hybridized carbons (Fsp3) is 0. The van der Waals surface area contributed by atoms with Crippen LogP contribution in [-0.4, -0.2) is 0 Å². The third-order valence-electron chi connectivity index (χ3n) is 2.75. The summed E-state index contributed by atoms with van der Waals surface area (Å²) in [7, 11) is 0. The number of nitriles is 1. The molecule has 3 rings (SSSR count). The zero-order chi connectivity index (χ0) is 14.0. The molecule has 21 heavy (non-hydrogen) atoms. The van der Waals surface area contributed by atoms with Gasteiger partial charge in [0.15, 0.2) is 0 Å². The average molecular weight is 313 g/mol. The van der Waals surface area contributed by atoms with E-state index in [0.717, 1.165) is 5.56 Å². The summed E-state index contributed by atoms with van der Waals surface area (Å²) in [6, 6.07) is 9.63. The molecule has 0 aliphatic heterocycles. The maximum Gasteiger partial charge on any atom is 2.00 e.